The van der Waals surface area contributed by atoms with Crippen molar-refractivity contribution in [2.75, 3.05) is 0 Å². The summed E-state index contributed by atoms with van der Waals surface area (Å²) in [6, 6.07) is 0. The Morgan fingerprint density at radius 1 is 2.00 bits per heavy atom. The van der Waals surface area contributed by atoms with Gasteiger partial charge in [0, 0.05) is 0 Å². The molecule has 0 bridgehead atoms. The monoisotopic (exact) mass is 132 g/mol. The molecule has 2 heteroatoms. The van der Waals surface area contributed by atoms with E-state index in [1.807, 2.05) is 0 Å². The van der Waals surface area contributed by atoms with Crippen molar-refractivity contribution >= 4 is 51.8 Å². The van der Waals surface area contributed by atoms with Crippen LogP contribution in [-0.2, 0) is 4.79 Å². The van der Waals surface area contributed by atoms with E-state index < -0.39 is 0 Å². The standard InChI is InChI=1S/C2H3O.Sr.H/c1-2-3;;/h1H3;;/q-1;+2;-1. The summed E-state index contributed by atoms with van der Waals surface area (Å²) in [5.41, 5.74) is 0. The van der Waals surface area contributed by atoms with Crippen molar-refractivity contribution in [3.63, 3.8) is 0 Å². The van der Waals surface area contributed by atoms with Crippen LogP contribution in [0, 0.1) is 0 Å². The minimum Gasteiger partial charge on any atom is -1.00 e. The van der Waals surface area contributed by atoms with Gasteiger partial charge in [-0.05, 0) is 0 Å². The number of carbonyl (C=O) groups excluding carboxylic acids is 1. The Morgan fingerprint density at radius 3 is 2.00 bits per heavy atom. The Morgan fingerprint density at radius 2 is 2.00 bits per heavy atom. The number of rotatable bonds is 0. The normalized spacial score (nSPS) is 3.25. The van der Waals surface area contributed by atoms with Crippen LogP contribution in [0.15, 0.2) is 0 Å². The van der Waals surface area contributed by atoms with E-state index in [2.05, 4.69) is 0 Å². The Kier molecular flexibility index (Phi) is 19.9. The van der Waals surface area contributed by atoms with Gasteiger partial charge in [0.25, 0.3) is 0 Å². The van der Waals surface area contributed by atoms with Crippen LogP contribution in [0.4, 0.5) is 0 Å². The zero-order valence-electron chi connectivity index (χ0n) is 3.62. The predicted molar refractivity (Wildman–Crippen MR) is 18.2 cm³/mol. The molecule has 0 aromatic carbocycles. The fraction of sp³-hybridized carbons (Fsp3) is 0.500. The minimum atomic E-state index is 0. The maximum atomic E-state index is 8.68. The molecule has 0 aliphatic rings. The Hall–Kier alpha value is 1.15. The van der Waals surface area contributed by atoms with Crippen molar-refractivity contribution in [2.45, 2.75) is 6.92 Å². The molecule has 0 unspecified atom stereocenters. The fourth-order valence-electron chi connectivity index (χ4n) is 0. The summed E-state index contributed by atoms with van der Waals surface area (Å²) in [6.07, 6.45) is 1.50. The maximum absolute atomic E-state index is 8.68. The molecular formula is C2H4OSr. The van der Waals surface area contributed by atoms with Gasteiger partial charge in [-0.15, -0.1) is 0 Å². The zero-order chi connectivity index (χ0) is 2.71. The summed E-state index contributed by atoms with van der Waals surface area (Å²) < 4.78 is 0. The van der Waals surface area contributed by atoms with Gasteiger partial charge in [0.2, 0.25) is 0 Å². The van der Waals surface area contributed by atoms with Crippen molar-refractivity contribution in [1.82, 2.24) is 0 Å². The molecule has 0 saturated heterocycles. The van der Waals surface area contributed by atoms with Gasteiger partial charge in [0.1, 0.15) is 0 Å². The molecule has 0 aromatic heterocycles. The Balaban J connectivity index is -0.0000000200. The quantitative estimate of drug-likeness (QED) is 0.330. The van der Waals surface area contributed by atoms with E-state index in [1.165, 1.54) is 13.2 Å². The molecule has 0 N–H and O–H groups in total. The van der Waals surface area contributed by atoms with Crippen LogP contribution in [0.1, 0.15) is 8.35 Å². The molecule has 0 atom stereocenters. The largest absolute Gasteiger partial charge is 2.00 e. The van der Waals surface area contributed by atoms with E-state index in [0.29, 0.717) is 0 Å². The Bertz CT molecular complexity index is 17.1. The van der Waals surface area contributed by atoms with Gasteiger partial charge in [-0.3, -0.25) is 6.29 Å². The summed E-state index contributed by atoms with van der Waals surface area (Å²) >= 11 is 0. The molecule has 0 fully saturated rings. The average molecular weight is 132 g/mol. The average Bonchev–Trinajstić information content (AvgIpc) is 0.918. The molecule has 0 aliphatic carbocycles. The molecule has 0 heterocycles. The van der Waals surface area contributed by atoms with Crippen molar-refractivity contribution in [2.24, 2.45) is 0 Å². The van der Waals surface area contributed by atoms with Crippen LogP contribution >= 0.6 is 0 Å². The number of hydrogen-bond acceptors (Lipinski definition) is 1. The molecule has 0 rings (SSSR count). The van der Waals surface area contributed by atoms with Gasteiger partial charge >= 0.3 is 45.5 Å². The molecule has 20 valence electrons. The van der Waals surface area contributed by atoms with Crippen molar-refractivity contribution < 1.29 is 6.22 Å². The molecule has 0 amide bonds. The molecule has 0 saturated carbocycles. The molecule has 0 aromatic rings. The second-order valence-electron chi connectivity index (χ2n) is 0.204. The van der Waals surface area contributed by atoms with E-state index in [4.69, 9.17) is 4.79 Å². The van der Waals surface area contributed by atoms with Gasteiger partial charge in [-0.2, -0.15) is 6.92 Å². The van der Waals surface area contributed by atoms with Gasteiger partial charge < -0.3 is 6.22 Å². The van der Waals surface area contributed by atoms with E-state index in [0.717, 1.165) is 0 Å². The van der Waals surface area contributed by atoms with E-state index in [9.17, 15) is 0 Å². The minimum absolute atomic E-state index is 0. The molecular weight excluding hydrogens is 128 g/mol. The molecule has 0 aliphatic heterocycles. The van der Waals surface area contributed by atoms with Gasteiger partial charge in [-0.25, -0.2) is 0 Å². The topological polar surface area (TPSA) is 17.1 Å². The van der Waals surface area contributed by atoms with E-state index in [-0.39, 0.29) is 46.9 Å². The smallest absolute Gasteiger partial charge is 1.00 e. The van der Waals surface area contributed by atoms with Gasteiger partial charge in [-0.1, -0.05) is 0 Å². The van der Waals surface area contributed by atoms with Crippen LogP contribution < -0.4 is 0 Å². The second-order valence-corrected chi connectivity index (χ2v) is 0.204. The third-order valence-corrected chi connectivity index (χ3v) is 0. The van der Waals surface area contributed by atoms with Crippen LogP contribution in [-0.4, -0.2) is 51.8 Å². The number of hydrogen-bond donors (Lipinski definition) is 0. The van der Waals surface area contributed by atoms with Crippen molar-refractivity contribution in [1.29, 1.82) is 0 Å². The molecule has 1 nitrogen and oxygen atoms in total. The van der Waals surface area contributed by atoms with Crippen LogP contribution in [0.25, 0.3) is 0 Å². The summed E-state index contributed by atoms with van der Waals surface area (Å²) in [4.78, 5) is 8.68. The van der Waals surface area contributed by atoms with E-state index in [1.54, 1.807) is 0 Å². The third kappa shape index (κ3) is 11.0. The SMILES string of the molecule is C[C-]=O.[H-].[Sr+2]. The zero-order valence-corrected chi connectivity index (χ0v) is 6.09. The van der Waals surface area contributed by atoms with Crippen molar-refractivity contribution in [3.05, 3.63) is 0 Å². The van der Waals surface area contributed by atoms with Crippen LogP contribution in [0.2, 0.25) is 0 Å². The summed E-state index contributed by atoms with van der Waals surface area (Å²) in [6.45, 7) is 1.32. The Labute approximate surface area is 64.1 Å². The third-order valence-electron chi connectivity index (χ3n) is 0. The predicted octanol–water partition coefficient (Wildman–Crippen LogP) is -0.152. The first-order chi connectivity index (χ1) is 1.41. The van der Waals surface area contributed by atoms with E-state index >= 15 is 0 Å². The van der Waals surface area contributed by atoms with Gasteiger partial charge in [0.15, 0.2) is 0 Å². The van der Waals surface area contributed by atoms with Crippen LogP contribution in [0.3, 0.4) is 0 Å². The summed E-state index contributed by atoms with van der Waals surface area (Å²) in [5.74, 6) is 0. The first kappa shape index (κ1) is 8.94. The fourth-order valence-corrected chi connectivity index (χ4v) is 0. The second kappa shape index (κ2) is 8.91. The summed E-state index contributed by atoms with van der Waals surface area (Å²) in [7, 11) is 0. The molecule has 0 radical (unpaired) electrons. The molecule has 0 spiro atoms. The first-order valence-electron chi connectivity index (χ1n) is 0.704. The molecule has 4 heavy (non-hydrogen) atoms. The first-order valence-corrected chi connectivity index (χ1v) is 0.704. The summed E-state index contributed by atoms with van der Waals surface area (Å²) in [5, 5.41) is 0. The van der Waals surface area contributed by atoms with Crippen LogP contribution in [0.5, 0.6) is 0 Å². The van der Waals surface area contributed by atoms with Crippen molar-refractivity contribution in [3.8, 4) is 0 Å². The van der Waals surface area contributed by atoms with Gasteiger partial charge in [0.05, 0.1) is 0 Å². The maximum Gasteiger partial charge on any atom is 2.00 e.